The number of hydrogen-bond donors (Lipinski definition) is 1. The molecule has 0 aliphatic heterocycles. The number of pyridine rings is 1. The molecule has 2 rings (SSSR count). The van der Waals surface area contributed by atoms with E-state index in [1.807, 2.05) is 0 Å². The zero-order valence-corrected chi connectivity index (χ0v) is 14.9. The average molecular weight is 385 g/mol. The number of methoxy groups -OCH3 is 2. The van der Waals surface area contributed by atoms with Crippen LogP contribution in [0.4, 0.5) is 5.69 Å². The van der Waals surface area contributed by atoms with E-state index in [9.17, 15) is 9.59 Å². The summed E-state index contributed by atoms with van der Waals surface area (Å²) in [7, 11) is 2.97. The van der Waals surface area contributed by atoms with Gasteiger partial charge in [-0.25, -0.2) is 9.78 Å². The molecule has 0 aliphatic rings. The molecular weight excluding hydrogens is 371 g/mol. The highest BCUT2D eigenvalue weighted by Gasteiger charge is 2.14. The number of anilines is 1. The van der Waals surface area contributed by atoms with Gasteiger partial charge >= 0.3 is 5.97 Å². The molecule has 0 fully saturated rings. The van der Waals surface area contributed by atoms with Crippen LogP contribution in [0.25, 0.3) is 0 Å². The van der Waals surface area contributed by atoms with Gasteiger partial charge in [0.1, 0.15) is 16.7 Å². The molecule has 1 aromatic heterocycles. The summed E-state index contributed by atoms with van der Waals surface area (Å²) in [6, 6.07) is 6.22. The lowest BCUT2D eigenvalue weighted by Gasteiger charge is -2.12. The molecule has 0 aliphatic carbocycles. The molecule has 0 saturated heterocycles. The molecule has 9 heteroatoms. The maximum atomic E-state index is 12.0. The van der Waals surface area contributed by atoms with Gasteiger partial charge in [-0.15, -0.1) is 0 Å². The zero-order valence-electron chi connectivity index (χ0n) is 13.3. The van der Waals surface area contributed by atoms with Crippen molar-refractivity contribution in [3.8, 4) is 11.5 Å². The van der Waals surface area contributed by atoms with E-state index in [1.165, 1.54) is 26.5 Å². The van der Waals surface area contributed by atoms with Gasteiger partial charge < -0.3 is 19.5 Å². The minimum atomic E-state index is -0.751. The second-order valence-corrected chi connectivity index (χ2v) is 5.45. The van der Waals surface area contributed by atoms with Gasteiger partial charge in [-0.2, -0.15) is 0 Å². The van der Waals surface area contributed by atoms with Crippen LogP contribution < -0.4 is 14.8 Å². The normalized spacial score (nSPS) is 10.1. The number of amides is 1. The number of carbonyl (C=O) groups is 2. The number of halogens is 2. The van der Waals surface area contributed by atoms with Gasteiger partial charge in [0, 0.05) is 12.3 Å². The van der Waals surface area contributed by atoms with Crippen molar-refractivity contribution >= 4 is 40.8 Å². The monoisotopic (exact) mass is 384 g/mol. The van der Waals surface area contributed by atoms with E-state index in [0.29, 0.717) is 17.2 Å². The Morgan fingerprint density at radius 3 is 2.56 bits per heavy atom. The summed E-state index contributed by atoms with van der Waals surface area (Å²) >= 11 is 11.5. The Kier molecular flexibility index (Phi) is 6.44. The summed E-state index contributed by atoms with van der Waals surface area (Å²) in [6.07, 6.45) is 1.21. The standard InChI is InChI=1S/C16H14Cl2N2O5/c1-23-10-3-4-13(24-2)12(6-10)20-14(21)8-25-16(22)9-5-11(17)15(18)19-7-9/h3-7H,8H2,1-2H3,(H,20,21). The summed E-state index contributed by atoms with van der Waals surface area (Å²) in [6.45, 7) is -0.501. The maximum absolute atomic E-state index is 12.0. The molecule has 1 aromatic carbocycles. The summed E-state index contributed by atoms with van der Waals surface area (Å²) < 4.78 is 15.2. The lowest BCUT2D eigenvalue weighted by Crippen LogP contribution is -2.21. The predicted molar refractivity (Wildman–Crippen MR) is 92.7 cm³/mol. The third-order valence-corrected chi connectivity index (χ3v) is 3.73. The minimum absolute atomic E-state index is 0.0704. The van der Waals surface area contributed by atoms with Crippen molar-refractivity contribution in [1.82, 2.24) is 4.98 Å². The van der Waals surface area contributed by atoms with E-state index in [-0.39, 0.29) is 15.7 Å². The number of rotatable bonds is 6. The predicted octanol–water partition coefficient (Wildman–Crippen LogP) is 3.20. The molecule has 2 aromatic rings. The first-order chi connectivity index (χ1) is 11.9. The molecule has 132 valence electrons. The van der Waals surface area contributed by atoms with E-state index in [2.05, 4.69) is 10.3 Å². The fourth-order valence-corrected chi connectivity index (χ4v) is 2.12. The third-order valence-electron chi connectivity index (χ3n) is 3.05. The summed E-state index contributed by atoms with van der Waals surface area (Å²) in [5.74, 6) is -0.323. The first kappa shape index (κ1) is 18.8. The molecule has 0 unspecified atom stereocenters. The smallest absolute Gasteiger partial charge is 0.340 e. The van der Waals surface area contributed by atoms with Crippen LogP contribution in [0.3, 0.4) is 0 Å². The molecule has 1 amide bonds. The number of aromatic nitrogens is 1. The highest BCUT2D eigenvalue weighted by atomic mass is 35.5. The van der Waals surface area contributed by atoms with Crippen molar-refractivity contribution in [2.45, 2.75) is 0 Å². The average Bonchev–Trinajstić information content (AvgIpc) is 2.61. The van der Waals surface area contributed by atoms with E-state index >= 15 is 0 Å². The molecule has 0 bridgehead atoms. The summed E-state index contributed by atoms with van der Waals surface area (Å²) in [5.41, 5.74) is 0.472. The molecule has 0 spiro atoms. The second kappa shape index (κ2) is 8.55. The number of hydrogen-bond acceptors (Lipinski definition) is 6. The maximum Gasteiger partial charge on any atom is 0.340 e. The van der Waals surface area contributed by atoms with E-state index in [4.69, 9.17) is 37.4 Å². The molecule has 0 saturated carbocycles. The number of esters is 1. The Morgan fingerprint density at radius 1 is 1.16 bits per heavy atom. The molecule has 1 N–H and O–H groups in total. The number of carbonyl (C=O) groups excluding carboxylic acids is 2. The molecular formula is C16H14Cl2N2O5. The first-order valence-corrected chi connectivity index (χ1v) is 7.70. The van der Waals surface area contributed by atoms with Crippen LogP contribution in [0.1, 0.15) is 10.4 Å². The Hall–Kier alpha value is -2.51. The van der Waals surface area contributed by atoms with Crippen molar-refractivity contribution < 1.29 is 23.8 Å². The highest BCUT2D eigenvalue weighted by Crippen LogP contribution is 2.28. The van der Waals surface area contributed by atoms with Gasteiger partial charge in [0.25, 0.3) is 5.91 Å². The number of benzene rings is 1. The highest BCUT2D eigenvalue weighted by molar-refractivity contribution is 6.41. The van der Waals surface area contributed by atoms with Gasteiger partial charge in [-0.3, -0.25) is 4.79 Å². The SMILES string of the molecule is COc1ccc(OC)c(NC(=O)COC(=O)c2cnc(Cl)c(Cl)c2)c1. The fourth-order valence-electron chi connectivity index (χ4n) is 1.85. The van der Waals surface area contributed by atoms with Crippen molar-refractivity contribution in [1.29, 1.82) is 0 Å². The Morgan fingerprint density at radius 2 is 1.92 bits per heavy atom. The Labute approximate surface area is 153 Å². The van der Waals surface area contributed by atoms with Crippen LogP contribution in [-0.4, -0.2) is 37.7 Å². The molecule has 25 heavy (non-hydrogen) atoms. The third kappa shape index (κ3) is 4.98. The summed E-state index contributed by atoms with van der Waals surface area (Å²) in [4.78, 5) is 27.6. The molecule has 1 heterocycles. The molecule has 0 radical (unpaired) electrons. The minimum Gasteiger partial charge on any atom is -0.497 e. The lowest BCUT2D eigenvalue weighted by atomic mass is 10.2. The van der Waals surface area contributed by atoms with Crippen molar-refractivity contribution in [3.05, 3.63) is 46.2 Å². The first-order valence-electron chi connectivity index (χ1n) is 6.94. The van der Waals surface area contributed by atoms with Crippen molar-refractivity contribution in [3.63, 3.8) is 0 Å². The van der Waals surface area contributed by atoms with Gasteiger partial charge in [-0.05, 0) is 18.2 Å². The van der Waals surface area contributed by atoms with Crippen LogP contribution in [0.5, 0.6) is 11.5 Å². The van der Waals surface area contributed by atoms with Crippen LogP contribution in [-0.2, 0) is 9.53 Å². The largest absolute Gasteiger partial charge is 0.497 e. The number of nitrogens with zero attached hydrogens (tertiary/aromatic N) is 1. The molecule has 7 nitrogen and oxygen atoms in total. The van der Waals surface area contributed by atoms with Crippen LogP contribution in [0, 0.1) is 0 Å². The van der Waals surface area contributed by atoms with E-state index < -0.39 is 18.5 Å². The van der Waals surface area contributed by atoms with Crippen LogP contribution >= 0.6 is 23.2 Å². The van der Waals surface area contributed by atoms with Gasteiger partial charge in [0.05, 0.1) is 30.5 Å². The Balaban J connectivity index is 1.98. The lowest BCUT2D eigenvalue weighted by molar-refractivity contribution is -0.119. The van der Waals surface area contributed by atoms with Crippen LogP contribution in [0.2, 0.25) is 10.2 Å². The van der Waals surface area contributed by atoms with E-state index in [0.717, 1.165) is 0 Å². The van der Waals surface area contributed by atoms with Gasteiger partial charge in [-0.1, -0.05) is 23.2 Å². The van der Waals surface area contributed by atoms with E-state index in [1.54, 1.807) is 18.2 Å². The summed E-state index contributed by atoms with van der Waals surface area (Å²) in [5, 5.41) is 2.76. The molecule has 0 atom stereocenters. The van der Waals surface area contributed by atoms with Gasteiger partial charge in [0.2, 0.25) is 0 Å². The number of ether oxygens (including phenoxy) is 3. The van der Waals surface area contributed by atoms with Crippen molar-refractivity contribution in [2.75, 3.05) is 26.1 Å². The van der Waals surface area contributed by atoms with Crippen molar-refractivity contribution in [2.24, 2.45) is 0 Å². The zero-order chi connectivity index (χ0) is 18.4. The topological polar surface area (TPSA) is 86.8 Å². The Bertz CT molecular complexity index is 798. The fraction of sp³-hybridized carbons (Fsp3) is 0.188. The second-order valence-electron chi connectivity index (χ2n) is 4.69. The quantitative estimate of drug-likeness (QED) is 0.607. The van der Waals surface area contributed by atoms with Crippen LogP contribution in [0.15, 0.2) is 30.5 Å². The number of nitrogens with one attached hydrogen (secondary N) is 1. The van der Waals surface area contributed by atoms with Gasteiger partial charge in [0.15, 0.2) is 6.61 Å².